The number of benzene rings is 2. The third-order valence-corrected chi connectivity index (χ3v) is 9.13. The van der Waals surface area contributed by atoms with Crippen molar-refractivity contribution < 1.29 is 48.7 Å². The van der Waals surface area contributed by atoms with Crippen LogP contribution >= 0.6 is 23.2 Å². The van der Waals surface area contributed by atoms with Crippen LogP contribution in [0.5, 0.6) is 5.75 Å². The zero-order valence-electron chi connectivity index (χ0n) is 30.0. The number of aliphatic hydroxyl groups excluding tert-OH is 3. The molecule has 1 aliphatic heterocycles. The first-order valence-corrected chi connectivity index (χ1v) is 18.0. The lowest BCUT2D eigenvalue weighted by molar-refractivity contribution is -0.261. The fourth-order valence-electron chi connectivity index (χ4n) is 5.66. The van der Waals surface area contributed by atoms with E-state index in [1.165, 1.54) is 13.2 Å². The quantitative estimate of drug-likeness (QED) is 0.101. The Balaban J connectivity index is 1.45. The van der Waals surface area contributed by atoms with Gasteiger partial charge < -0.3 is 44.9 Å². The van der Waals surface area contributed by atoms with Crippen molar-refractivity contribution in [3.63, 3.8) is 0 Å². The number of esters is 1. The van der Waals surface area contributed by atoms with Crippen LogP contribution in [-0.4, -0.2) is 83.1 Å². The lowest BCUT2D eigenvalue weighted by Gasteiger charge is -2.41. The first-order valence-electron chi connectivity index (χ1n) is 17.3. The van der Waals surface area contributed by atoms with Crippen molar-refractivity contribution in [2.24, 2.45) is 0 Å². The fourth-order valence-corrected chi connectivity index (χ4v) is 6.22. The molecule has 1 aliphatic rings. The summed E-state index contributed by atoms with van der Waals surface area (Å²) >= 11 is 13.1. The number of aliphatic hydroxyl groups is 3. The van der Waals surface area contributed by atoms with Gasteiger partial charge in [-0.2, -0.15) is 0 Å². The predicted octanol–water partition coefficient (Wildman–Crippen LogP) is 5.14. The van der Waals surface area contributed by atoms with Gasteiger partial charge in [-0.3, -0.25) is 14.4 Å². The zero-order chi connectivity index (χ0) is 37.7. The van der Waals surface area contributed by atoms with Gasteiger partial charge in [-0.15, -0.1) is 0 Å². The van der Waals surface area contributed by atoms with Gasteiger partial charge in [0.25, 0.3) is 5.91 Å². The minimum atomic E-state index is -1.48. The van der Waals surface area contributed by atoms with Gasteiger partial charge in [-0.1, -0.05) is 73.2 Å². The molecular weight excluding hydrogens is 703 g/mol. The number of unbranched alkanes of at least 4 members (excludes halogenated alkanes) is 5. The molecule has 5 atom stereocenters. The predicted molar refractivity (Wildman–Crippen MR) is 193 cm³/mol. The summed E-state index contributed by atoms with van der Waals surface area (Å²) in [5.41, 5.74) is 1.75. The molecule has 2 aromatic carbocycles. The summed E-state index contributed by atoms with van der Waals surface area (Å²) in [7, 11) is 1.31. The smallest absolute Gasteiger partial charge is 0.306 e. The van der Waals surface area contributed by atoms with Gasteiger partial charge >= 0.3 is 5.97 Å². The molecule has 51 heavy (non-hydrogen) atoms. The van der Waals surface area contributed by atoms with Crippen molar-refractivity contribution in [2.75, 3.05) is 13.7 Å². The van der Waals surface area contributed by atoms with Crippen LogP contribution in [-0.2, 0) is 37.0 Å². The first kappa shape index (κ1) is 42.4. The van der Waals surface area contributed by atoms with Crippen molar-refractivity contribution in [3.8, 4) is 5.75 Å². The third kappa shape index (κ3) is 13.2. The maximum absolute atomic E-state index is 13.2. The highest BCUT2D eigenvalue weighted by Crippen LogP contribution is 2.38. The molecule has 3 rings (SSSR count). The third-order valence-electron chi connectivity index (χ3n) is 8.40. The van der Waals surface area contributed by atoms with Crippen LogP contribution in [0.3, 0.4) is 0 Å². The second-order valence-electron chi connectivity index (χ2n) is 13.7. The summed E-state index contributed by atoms with van der Waals surface area (Å²) in [5.74, 6) is -0.637. The van der Waals surface area contributed by atoms with Crippen LogP contribution < -0.4 is 15.4 Å². The maximum atomic E-state index is 13.2. The van der Waals surface area contributed by atoms with E-state index in [0.29, 0.717) is 24.9 Å². The van der Waals surface area contributed by atoms with Crippen LogP contribution in [0.15, 0.2) is 30.3 Å². The standard InChI is InChI=1S/C37H52Cl2N2O10/c1-22-25(35(47)41-31-33(46)32(45)27(20-42)50-36(31)48-5)18-26(38)34(30(22)39)49-21-24-14-12-13-23(17-24)19-40-28(43)15-10-8-6-7-9-11-16-29(44)51-37(2,3)4/h12-14,17-18,27,31-33,36,42,45-46H,6-11,15-16,19-21H2,1-5H3,(H,40,43)(H,41,47)/t27-,31-,32-,33-,36+/m1/s1. The Morgan fingerprint density at radius 2 is 1.59 bits per heavy atom. The number of rotatable bonds is 18. The molecule has 1 fully saturated rings. The van der Waals surface area contributed by atoms with E-state index in [2.05, 4.69) is 10.6 Å². The van der Waals surface area contributed by atoms with E-state index in [1.54, 1.807) is 6.92 Å². The molecule has 0 aromatic heterocycles. The maximum Gasteiger partial charge on any atom is 0.306 e. The van der Waals surface area contributed by atoms with Crippen molar-refractivity contribution in [1.29, 1.82) is 0 Å². The molecule has 2 aromatic rings. The SMILES string of the molecule is CO[C@H]1O[C@H](CO)[C@@H](O)[C@H](O)[C@H]1NC(=O)c1cc(Cl)c(OCc2cccc(CNC(=O)CCCCCCCCC(=O)OC(C)(C)C)c2)c(Cl)c1C. The number of ether oxygens (including phenoxy) is 4. The molecule has 0 spiro atoms. The molecule has 12 nitrogen and oxygen atoms in total. The van der Waals surface area contributed by atoms with Gasteiger partial charge in [0, 0.05) is 32.1 Å². The number of hydrogen-bond donors (Lipinski definition) is 5. The van der Waals surface area contributed by atoms with E-state index in [0.717, 1.165) is 49.7 Å². The summed E-state index contributed by atoms with van der Waals surface area (Å²) in [4.78, 5) is 37.5. The summed E-state index contributed by atoms with van der Waals surface area (Å²) in [6, 6.07) is 7.80. The molecule has 0 radical (unpaired) electrons. The molecule has 0 unspecified atom stereocenters. The van der Waals surface area contributed by atoms with E-state index in [9.17, 15) is 29.7 Å². The molecule has 2 amide bonds. The van der Waals surface area contributed by atoms with Gasteiger partial charge in [0.05, 0.1) is 16.7 Å². The summed E-state index contributed by atoms with van der Waals surface area (Å²) in [6.45, 7) is 7.15. The number of hydrogen-bond acceptors (Lipinski definition) is 10. The topological polar surface area (TPSA) is 173 Å². The van der Waals surface area contributed by atoms with Gasteiger partial charge in [0.1, 0.15) is 36.6 Å². The second kappa shape index (κ2) is 20.3. The Morgan fingerprint density at radius 3 is 2.24 bits per heavy atom. The van der Waals surface area contributed by atoms with Gasteiger partial charge in [-0.05, 0) is 63.3 Å². The van der Waals surface area contributed by atoms with Crippen molar-refractivity contribution in [3.05, 3.63) is 62.6 Å². The van der Waals surface area contributed by atoms with Crippen LogP contribution in [0.4, 0.5) is 0 Å². The van der Waals surface area contributed by atoms with Gasteiger partial charge in [-0.25, -0.2) is 0 Å². The number of amides is 2. The van der Waals surface area contributed by atoms with Gasteiger partial charge in [0.15, 0.2) is 12.0 Å². The summed E-state index contributed by atoms with van der Waals surface area (Å²) in [5, 5.41) is 36.1. The minimum Gasteiger partial charge on any atom is -0.486 e. The number of halogens is 2. The Kier molecular flexibility index (Phi) is 16.9. The lowest BCUT2D eigenvalue weighted by atomic mass is 9.96. The van der Waals surface area contributed by atoms with Crippen LogP contribution in [0.1, 0.15) is 99.2 Å². The molecule has 1 heterocycles. The Labute approximate surface area is 310 Å². The lowest BCUT2D eigenvalue weighted by Crippen LogP contribution is -2.64. The zero-order valence-corrected chi connectivity index (χ0v) is 31.5. The normalized spacial score (nSPS) is 20.5. The molecular formula is C37H52Cl2N2O10. The first-order chi connectivity index (χ1) is 24.1. The molecule has 5 N–H and O–H groups in total. The number of nitrogens with one attached hydrogen (secondary N) is 2. The van der Waals surface area contributed by atoms with Crippen molar-refractivity contribution >= 4 is 41.0 Å². The summed E-state index contributed by atoms with van der Waals surface area (Å²) in [6.07, 6.45) is 1.28. The average molecular weight is 756 g/mol. The van der Waals surface area contributed by atoms with E-state index in [-0.39, 0.29) is 39.8 Å². The Hall–Kier alpha value is -2.97. The van der Waals surface area contributed by atoms with Crippen LogP contribution in [0.2, 0.25) is 10.0 Å². The van der Waals surface area contributed by atoms with Crippen molar-refractivity contribution in [1.82, 2.24) is 10.6 Å². The number of carbonyl (C=O) groups excluding carboxylic acids is 3. The Bertz CT molecular complexity index is 1470. The van der Waals surface area contributed by atoms with E-state index in [1.807, 2.05) is 45.0 Å². The van der Waals surface area contributed by atoms with E-state index >= 15 is 0 Å². The van der Waals surface area contributed by atoms with Crippen LogP contribution in [0, 0.1) is 6.92 Å². The van der Waals surface area contributed by atoms with E-state index < -0.39 is 48.8 Å². The monoisotopic (exact) mass is 754 g/mol. The highest BCUT2D eigenvalue weighted by molar-refractivity contribution is 6.38. The molecule has 1 saturated heterocycles. The van der Waals surface area contributed by atoms with Gasteiger partial charge in [0.2, 0.25) is 5.91 Å². The number of carbonyl (C=O) groups is 3. The Morgan fingerprint density at radius 1 is 0.941 bits per heavy atom. The molecule has 0 saturated carbocycles. The minimum absolute atomic E-state index is 0.0199. The van der Waals surface area contributed by atoms with Crippen molar-refractivity contribution in [2.45, 2.75) is 128 Å². The molecule has 14 heteroatoms. The molecule has 0 bridgehead atoms. The average Bonchev–Trinajstić information content (AvgIpc) is 3.08. The molecule has 284 valence electrons. The van der Waals surface area contributed by atoms with E-state index in [4.69, 9.17) is 42.1 Å². The molecule has 0 aliphatic carbocycles. The van der Waals surface area contributed by atoms with Crippen LogP contribution in [0.25, 0.3) is 0 Å². The fraction of sp³-hybridized carbons (Fsp3) is 0.595. The largest absolute Gasteiger partial charge is 0.486 e. The second-order valence-corrected chi connectivity index (χ2v) is 14.5. The number of methoxy groups -OCH3 is 1. The summed E-state index contributed by atoms with van der Waals surface area (Å²) < 4.78 is 22.0. The highest BCUT2D eigenvalue weighted by Gasteiger charge is 2.45. The highest BCUT2D eigenvalue weighted by atomic mass is 35.5.